The van der Waals surface area contributed by atoms with Crippen molar-refractivity contribution in [2.24, 2.45) is 11.1 Å². The van der Waals surface area contributed by atoms with Crippen molar-refractivity contribution < 1.29 is 13.9 Å². The highest BCUT2D eigenvalue weighted by Crippen LogP contribution is 2.23. The number of methoxy groups -OCH3 is 1. The molecule has 1 rings (SSSR count). The lowest BCUT2D eigenvalue weighted by Crippen LogP contribution is -2.49. The highest BCUT2D eigenvalue weighted by Gasteiger charge is 2.28. The molecule has 0 aliphatic carbocycles. The van der Waals surface area contributed by atoms with Gasteiger partial charge in [-0.25, -0.2) is 4.39 Å². The fraction of sp³-hybridized carbons (Fsp3) is 0.533. The lowest BCUT2D eigenvalue weighted by atomic mass is 9.86. The van der Waals surface area contributed by atoms with Crippen molar-refractivity contribution in [1.82, 2.24) is 5.32 Å². The van der Waals surface area contributed by atoms with Gasteiger partial charge >= 0.3 is 0 Å². The Morgan fingerprint density at radius 1 is 1.40 bits per heavy atom. The summed E-state index contributed by atoms with van der Waals surface area (Å²) in [6, 6.07) is 3.67. The van der Waals surface area contributed by atoms with Crippen molar-refractivity contribution in [2.75, 3.05) is 7.11 Å². The average Bonchev–Trinajstić information content (AvgIpc) is 2.36. The number of carbonyl (C=O) groups is 1. The minimum atomic E-state index is -0.618. The van der Waals surface area contributed by atoms with Crippen LogP contribution in [0.2, 0.25) is 0 Å². The number of ether oxygens (including phenoxy) is 1. The van der Waals surface area contributed by atoms with E-state index < -0.39 is 11.9 Å². The number of nitrogens with two attached hydrogens (primary N) is 1. The first-order valence-corrected chi connectivity index (χ1v) is 6.56. The Bertz CT molecular complexity index is 483. The van der Waals surface area contributed by atoms with E-state index in [0.717, 1.165) is 0 Å². The van der Waals surface area contributed by atoms with Crippen LogP contribution in [0.25, 0.3) is 0 Å². The summed E-state index contributed by atoms with van der Waals surface area (Å²) in [5, 5.41) is 2.80. The second kappa shape index (κ2) is 6.22. The number of hydrogen-bond donors (Lipinski definition) is 2. The maximum Gasteiger partial charge on any atom is 0.237 e. The van der Waals surface area contributed by atoms with Crippen LogP contribution in [0.3, 0.4) is 0 Å². The molecule has 2 atom stereocenters. The largest absolute Gasteiger partial charge is 0.494 e. The van der Waals surface area contributed by atoms with Gasteiger partial charge in [0, 0.05) is 0 Å². The predicted molar refractivity (Wildman–Crippen MR) is 76.9 cm³/mol. The first kappa shape index (κ1) is 16.4. The smallest absolute Gasteiger partial charge is 0.237 e. The number of rotatable bonds is 4. The molecule has 5 heteroatoms. The van der Waals surface area contributed by atoms with Crippen molar-refractivity contribution >= 4 is 5.91 Å². The summed E-state index contributed by atoms with van der Waals surface area (Å²) in [7, 11) is 1.41. The molecule has 1 aromatic carbocycles. The molecule has 0 saturated heterocycles. The van der Waals surface area contributed by atoms with Gasteiger partial charge in [-0.2, -0.15) is 0 Å². The van der Waals surface area contributed by atoms with Crippen molar-refractivity contribution in [3.05, 3.63) is 29.6 Å². The van der Waals surface area contributed by atoms with Crippen molar-refractivity contribution in [3.8, 4) is 5.75 Å². The molecule has 20 heavy (non-hydrogen) atoms. The quantitative estimate of drug-likeness (QED) is 0.891. The molecule has 0 fully saturated rings. The molecule has 1 unspecified atom stereocenters. The second-order valence-electron chi connectivity index (χ2n) is 5.97. The first-order valence-electron chi connectivity index (χ1n) is 6.56. The van der Waals surface area contributed by atoms with E-state index in [1.54, 1.807) is 13.0 Å². The zero-order chi connectivity index (χ0) is 15.5. The van der Waals surface area contributed by atoms with Crippen molar-refractivity contribution in [2.45, 2.75) is 39.8 Å². The predicted octanol–water partition coefficient (Wildman–Crippen LogP) is 2.38. The Labute approximate surface area is 119 Å². The van der Waals surface area contributed by atoms with Crippen LogP contribution < -0.4 is 15.8 Å². The summed E-state index contributed by atoms with van der Waals surface area (Å²) >= 11 is 0. The second-order valence-corrected chi connectivity index (χ2v) is 5.97. The van der Waals surface area contributed by atoms with Crippen LogP contribution in [0.5, 0.6) is 5.75 Å². The maximum absolute atomic E-state index is 13.6. The molecule has 0 radical (unpaired) electrons. The van der Waals surface area contributed by atoms with E-state index in [0.29, 0.717) is 5.56 Å². The van der Waals surface area contributed by atoms with E-state index in [-0.39, 0.29) is 23.1 Å². The zero-order valence-electron chi connectivity index (χ0n) is 12.7. The Morgan fingerprint density at radius 3 is 2.45 bits per heavy atom. The molecule has 0 bridgehead atoms. The standard InChI is InChI=1S/C15H23FN2O2/c1-9(18-14(19)13(17)15(2,3)4)10-6-7-12(20-5)11(16)8-10/h6-9,13H,17H2,1-5H3,(H,18,19)/t9?,13-/m1/s1. The number of nitrogens with one attached hydrogen (secondary N) is 1. The van der Waals surface area contributed by atoms with Crippen LogP contribution in [-0.4, -0.2) is 19.1 Å². The third-order valence-corrected chi connectivity index (χ3v) is 3.25. The molecule has 4 nitrogen and oxygen atoms in total. The highest BCUT2D eigenvalue weighted by molar-refractivity contribution is 5.82. The normalized spacial score (nSPS) is 14.6. The van der Waals surface area contributed by atoms with Gasteiger partial charge in [0.15, 0.2) is 11.6 Å². The van der Waals surface area contributed by atoms with Gasteiger partial charge in [0.25, 0.3) is 0 Å². The third kappa shape index (κ3) is 3.93. The Balaban J connectivity index is 2.79. The molecular formula is C15H23FN2O2. The van der Waals surface area contributed by atoms with E-state index in [1.807, 2.05) is 20.8 Å². The fourth-order valence-electron chi connectivity index (χ4n) is 1.73. The summed E-state index contributed by atoms with van der Waals surface area (Å²) in [6.45, 7) is 7.48. The van der Waals surface area contributed by atoms with Gasteiger partial charge in [-0.3, -0.25) is 4.79 Å². The Morgan fingerprint density at radius 2 is 2.00 bits per heavy atom. The fourth-order valence-corrected chi connectivity index (χ4v) is 1.73. The van der Waals surface area contributed by atoms with E-state index in [2.05, 4.69) is 5.32 Å². The summed E-state index contributed by atoms with van der Waals surface area (Å²) < 4.78 is 18.5. The van der Waals surface area contributed by atoms with Gasteiger partial charge in [0.1, 0.15) is 0 Å². The Hall–Kier alpha value is -1.62. The van der Waals surface area contributed by atoms with Crippen LogP contribution in [0.1, 0.15) is 39.3 Å². The maximum atomic E-state index is 13.6. The lowest BCUT2D eigenvalue weighted by Gasteiger charge is -2.27. The van der Waals surface area contributed by atoms with Crippen LogP contribution in [0.4, 0.5) is 4.39 Å². The average molecular weight is 282 g/mol. The molecule has 1 amide bonds. The summed E-state index contributed by atoms with van der Waals surface area (Å²) in [5.41, 5.74) is 6.23. The molecule has 0 saturated carbocycles. The molecular weight excluding hydrogens is 259 g/mol. The van der Waals surface area contributed by atoms with Gasteiger partial charge < -0.3 is 15.8 Å². The molecule has 1 aromatic rings. The van der Waals surface area contributed by atoms with Crippen molar-refractivity contribution in [3.63, 3.8) is 0 Å². The first-order chi connectivity index (χ1) is 9.16. The third-order valence-electron chi connectivity index (χ3n) is 3.25. The lowest BCUT2D eigenvalue weighted by molar-refractivity contribution is -0.125. The zero-order valence-corrected chi connectivity index (χ0v) is 12.7. The molecule has 0 aliphatic rings. The van der Waals surface area contributed by atoms with E-state index >= 15 is 0 Å². The van der Waals surface area contributed by atoms with Gasteiger partial charge in [0.2, 0.25) is 5.91 Å². The van der Waals surface area contributed by atoms with Gasteiger partial charge in [-0.05, 0) is 30.0 Å². The number of halogens is 1. The number of amides is 1. The van der Waals surface area contributed by atoms with Crippen LogP contribution in [0, 0.1) is 11.2 Å². The monoisotopic (exact) mass is 282 g/mol. The van der Waals surface area contributed by atoms with E-state index in [9.17, 15) is 9.18 Å². The Kier molecular flexibility index (Phi) is 5.11. The SMILES string of the molecule is COc1ccc(C(C)NC(=O)[C@@H](N)C(C)(C)C)cc1F. The van der Waals surface area contributed by atoms with Gasteiger partial charge in [0.05, 0.1) is 19.2 Å². The van der Waals surface area contributed by atoms with Crippen LogP contribution in [-0.2, 0) is 4.79 Å². The van der Waals surface area contributed by atoms with E-state index in [1.165, 1.54) is 19.2 Å². The van der Waals surface area contributed by atoms with Crippen LogP contribution >= 0.6 is 0 Å². The minimum Gasteiger partial charge on any atom is -0.494 e. The molecule has 0 spiro atoms. The van der Waals surface area contributed by atoms with E-state index in [4.69, 9.17) is 10.5 Å². The van der Waals surface area contributed by atoms with Gasteiger partial charge in [-0.15, -0.1) is 0 Å². The minimum absolute atomic E-state index is 0.179. The summed E-state index contributed by atoms with van der Waals surface area (Å²) in [6.07, 6.45) is 0. The number of hydrogen-bond acceptors (Lipinski definition) is 3. The molecule has 0 heterocycles. The number of benzene rings is 1. The molecule has 112 valence electrons. The summed E-state index contributed by atoms with van der Waals surface area (Å²) in [4.78, 5) is 12.0. The number of carbonyl (C=O) groups excluding carboxylic acids is 1. The summed E-state index contributed by atoms with van der Waals surface area (Å²) in [5.74, 6) is -0.522. The highest BCUT2D eigenvalue weighted by atomic mass is 19.1. The molecule has 0 aromatic heterocycles. The molecule has 3 N–H and O–H groups in total. The van der Waals surface area contributed by atoms with Crippen LogP contribution in [0.15, 0.2) is 18.2 Å². The molecule has 0 aliphatic heterocycles. The van der Waals surface area contributed by atoms with Crippen molar-refractivity contribution in [1.29, 1.82) is 0 Å². The topological polar surface area (TPSA) is 64.3 Å². The van der Waals surface area contributed by atoms with Gasteiger partial charge in [-0.1, -0.05) is 26.8 Å².